The van der Waals surface area contributed by atoms with Gasteiger partial charge in [-0.25, -0.2) is 9.59 Å². The lowest BCUT2D eigenvalue weighted by atomic mass is 10.3. The van der Waals surface area contributed by atoms with E-state index in [0.29, 0.717) is 22.1 Å². The third-order valence-corrected chi connectivity index (χ3v) is 3.12. The topological polar surface area (TPSA) is 148 Å². The average Bonchev–Trinajstić information content (AvgIpc) is 3.19. The van der Waals surface area contributed by atoms with Crippen molar-refractivity contribution in [3.8, 4) is 0 Å². The van der Waals surface area contributed by atoms with Crippen LogP contribution >= 0.6 is 0 Å². The number of fused-ring (bicyclic) bond motifs is 2. The molecule has 0 aliphatic rings. The molecule has 2 aromatic carbocycles. The Kier molecular flexibility index (Phi) is 3.85. The Morgan fingerprint density at radius 1 is 0.708 bits per heavy atom. The number of carbonyl (C=O) groups is 2. The zero-order chi connectivity index (χ0) is 17.1. The Balaban J connectivity index is 0.000000141. The fourth-order valence-electron chi connectivity index (χ4n) is 2.06. The highest BCUT2D eigenvalue weighted by atomic mass is 16.2. The molecule has 4 N–H and O–H groups in total. The van der Waals surface area contributed by atoms with Gasteiger partial charge < -0.3 is 11.5 Å². The van der Waals surface area contributed by atoms with Crippen LogP contribution in [0.1, 0.15) is 0 Å². The van der Waals surface area contributed by atoms with Gasteiger partial charge in [0.05, 0.1) is 11.0 Å². The molecule has 10 heteroatoms. The monoisotopic (exact) mass is 324 g/mol. The number of carbonyl (C=O) groups excluding carboxylic acids is 2. The summed E-state index contributed by atoms with van der Waals surface area (Å²) in [6.07, 6.45) is 0. The Hall–Kier alpha value is -3.82. The molecule has 0 fully saturated rings. The van der Waals surface area contributed by atoms with Crippen molar-refractivity contribution in [2.24, 2.45) is 11.5 Å². The van der Waals surface area contributed by atoms with Crippen LogP contribution in [0.2, 0.25) is 0 Å². The molecule has 0 saturated carbocycles. The minimum Gasteiger partial charge on any atom is -0.350 e. The largest absolute Gasteiger partial charge is 0.350 e. The maximum Gasteiger partial charge on any atom is 0.341 e. The van der Waals surface area contributed by atoms with Crippen LogP contribution in [0, 0.1) is 0 Å². The van der Waals surface area contributed by atoms with Gasteiger partial charge in [0.15, 0.2) is 0 Å². The zero-order valence-corrected chi connectivity index (χ0v) is 12.3. The van der Waals surface area contributed by atoms with Crippen LogP contribution in [-0.2, 0) is 0 Å². The second kappa shape index (κ2) is 6.12. The molecule has 0 spiro atoms. The van der Waals surface area contributed by atoms with Crippen molar-refractivity contribution in [2.45, 2.75) is 0 Å². The summed E-state index contributed by atoms with van der Waals surface area (Å²) >= 11 is 0. The summed E-state index contributed by atoms with van der Waals surface area (Å²) in [5, 5.41) is 14.7. The lowest BCUT2D eigenvalue weighted by Crippen LogP contribution is -2.20. The summed E-state index contributed by atoms with van der Waals surface area (Å²) in [7, 11) is 0. The van der Waals surface area contributed by atoms with Crippen LogP contribution < -0.4 is 11.5 Å². The van der Waals surface area contributed by atoms with Gasteiger partial charge in [-0.1, -0.05) is 34.7 Å². The number of primary amides is 2. The predicted octanol–water partition coefficient (Wildman–Crippen LogP) is 0.716. The minimum absolute atomic E-state index is 0.622. The molecule has 4 rings (SSSR count). The minimum atomic E-state index is -0.622. The smallest absolute Gasteiger partial charge is 0.341 e. The van der Waals surface area contributed by atoms with Crippen molar-refractivity contribution in [3.63, 3.8) is 0 Å². The van der Waals surface area contributed by atoms with Crippen molar-refractivity contribution in [1.82, 2.24) is 30.0 Å². The molecule has 0 saturated heterocycles. The van der Waals surface area contributed by atoms with Crippen LogP contribution in [0.3, 0.4) is 0 Å². The van der Waals surface area contributed by atoms with Crippen LogP contribution in [0.15, 0.2) is 48.5 Å². The normalized spacial score (nSPS) is 10.3. The van der Waals surface area contributed by atoms with Crippen LogP contribution in [0.25, 0.3) is 22.1 Å². The molecule has 2 amide bonds. The number of rotatable bonds is 0. The molecule has 2 aromatic heterocycles. The van der Waals surface area contributed by atoms with Gasteiger partial charge in [-0.15, -0.1) is 10.2 Å². The van der Waals surface area contributed by atoms with Crippen LogP contribution in [-0.4, -0.2) is 42.0 Å². The molecule has 120 valence electrons. The summed E-state index contributed by atoms with van der Waals surface area (Å²) in [6.45, 7) is 0. The molecule has 0 aliphatic carbocycles. The fraction of sp³-hybridized carbons (Fsp3) is 0. The van der Waals surface area contributed by atoms with E-state index >= 15 is 0 Å². The van der Waals surface area contributed by atoms with Crippen LogP contribution in [0.4, 0.5) is 9.59 Å². The predicted molar refractivity (Wildman–Crippen MR) is 85.0 cm³/mol. The van der Waals surface area contributed by atoms with Gasteiger partial charge in [-0.3, -0.25) is 0 Å². The first-order chi connectivity index (χ1) is 11.6. The molecule has 10 nitrogen and oxygen atoms in total. The van der Waals surface area contributed by atoms with E-state index < -0.39 is 12.1 Å². The number of nitrogens with two attached hydrogens (primary N) is 2. The third-order valence-electron chi connectivity index (χ3n) is 3.12. The van der Waals surface area contributed by atoms with Crippen molar-refractivity contribution in [1.29, 1.82) is 0 Å². The number of amides is 2. The first-order valence-electron chi connectivity index (χ1n) is 6.78. The van der Waals surface area contributed by atoms with E-state index in [0.717, 1.165) is 9.36 Å². The lowest BCUT2D eigenvalue weighted by Gasteiger charge is -1.91. The fourth-order valence-corrected chi connectivity index (χ4v) is 2.06. The maximum atomic E-state index is 10.8. The first-order valence-corrected chi connectivity index (χ1v) is 6.78. The zero-order valence-electron chi connectivity index (χ0n) is 12.3. The van der Waals surface area contributed by atoms with Crippen LogP contribution in [0.5, 0.6) is 0 Å². The van der Waals surface area contributed by atoms with Crippen molar-refractivity contribution in [3.05, 3.63) is 48.5 Å². The van der Waals surface area contributed by atoms with Gasteiger partial charge in [0.1, 0.15) is 11.0 Å². The van der Waals surface area contributed by atoms with Crippen molar-refractivity contribution < 1.29 is 9.59 Å². The van der Waals surface area contributed by atoms with Crippen molar-refractivity contribution >= 4 is 34.1 Å². The SMILES string of the molecule is NC(=O)n1nnc2ccccc21.NC(=O)n1nnc2ccccc21. The Morgan fingerprint density at radius 3 is 1.46 bits per heavy atom. The second-order valence-corrected chi connectivity index (χ2v) is 4.66. The summed E-state index contributed by atoms with van der Waals surface area (Å²) in [5.41, 5.74) is 12.7. The van der Waals surface area contributed by atoms with Gasteiger partial charge >= 0.3 is 12.1 Å². The summed E-state index contributed by atoms with van der Waals surface area (Å²) in [5.74, 6) is 0. The number of aromatic nitrogens is 6. The third kappa shape index (κ3) is 2.75. The molecule has 2 heterocycles. The van der Waals surface area contributed by atoms with Gasteiger partial charge in [0.25, 0.3) is 0 Å². The highest BCUT2D eigenvalue weighted by molar-refractivity contribution is 5.87. The average molecular weight is 324 g/mol. The number of nitrogens with zero attached hydrogens (tertiary/aromatic N) is 6. The maximum absolute atomic E-state index is 10.8. The van der Waals surface area contributed by atoms with E-state index in [9.17, 15) is 9.59 Å². The van der Waals surface area contributed by atoms with Gasteiger partial charge in [0, 0.05) is 0 Å². The van der Waals surface area contributed by atoms with E-state index in [1.54, 1.807) is 36.4 Å². The molecule has 4 aromatic rings. The number of hydrogen-bond donors (Lipinski definition) is 2. The molecule has 0 bridgehead atoms. The quantitative estimate of drug-likeness (QED) is 0.487. The van der Waals surface area contributed by atoms with E-state index in [2.05, 4.69) is 20.6 Å². The van der Waals surface area contributed by atoms with Gasteiger partial charge in [-0.05, 0) is 24.3 Å². The second-order valence-electron chi connectivity index (χ2n) is 4.66. The highest BCUT2D eigenvalue weighted by Gasteiger charge is 2.06. The molecular formula is C14H12N8O2. The van der Waals surface area contributed by atoms with E-state index in [1.807, 2.05) is 12.1 Å². The molecule has 0 radical (unpaired) electrons. The van der Waals surface area contributed by atoms with E-state index in [1.165, 1.54) is 0 Å². The molecule has 24 heavy (non-hydrogen) atoms. The first kappa shape index (κ1) is 15.1. The van der Waals surface area contributed by atoms with Crippen molar-refractivity contribution in [2.75, 3.05) is 0 Å². The Labute approximate surface area is 134 Å². The summed E-state index contributed by atoms with van der Waals surface area (Å²) < 4.78 is 2.13. The standard InChI is InChI=1S/2C7H6N4O/c2*8-7(12)11-6-4-2-1-3-5(6)9-10-11/h2*1-4H,(H2,8,12). The Morgan fingerprint density at radius 2 is 1.08 bits per heavy atom. The molecule has 0 unspecified atom stereocenters. The number of benzene rings is 2. The summed E-state index contributed by atoms with van der Waals surface area (Å²) in [4.78, 5) is 21.5. The van der Waals surface area contributed by atoms with Gasteiger partial charge in [0.2, 0.25) is 0 Å². The number of hydrogen-bond acceptors (Lipinski definition) is 6. The number of para-hydroxylation sites is 2. The molecular weight excluding hydrogens is 312 g/mol. The molecule has 0 aliphatic heterocycles. The van der Waals surface area contributed by atoms with E-state index in [4.69, 9.17) is 11.5 Å². The highest BCUT2D eigenvalue weighted by Crippen LogP contribution is 2.09. The lowest BCUT2D eigenvalue weighted by molar-refractivity contribution is 0.247. The summed E-state index contributed by atoms with van der Waals surface area (Å²) in [6, 6.07) is 13.0. The van der Waals surface area contributed by atoms with Gasteiger partial charge in [-0.2, -0.15) is 9.36 Å². The molecule has 0 atom stereocenters. The Bertz CT molecular complexity index is 951. The van der Waals surface area contributed by atoms with E-state index in [-0.39, 0.29) is 0 Å².